The van der Waals surface area contributed by atoms with Crippen molar-refractivity contribution in [2.75, 3.05) is 21.3 Å². The number of carbonyl (C=O) groups excluding carboxylic acids is 1. The lowest BCUT2D eigenvalue weighted by atomic mass is 10.0. The molecule has 7 heteroatoms. The molecule has 0 radical (unpaired) electrons. The molecule has 4 aromatic rings. The van der Waals surface area contributed by atoms with Crippen molar-refractivity contribution < 1.29 is 19.0 Å². The molecular formula is C23H22N2O5. The Labute approximate surface area is 173 Å². The summed E-state index contributed by atoms with van der Waals surface area (Å²) in [5, 5.41) is 1.72. The molecule has 0 saturated carbocycles. The number of hydrogen-bond acceptors (Lipinski definition) is 5. The van der Waals surface area contributed by atoms with E-state index in [0.29, 0.717) is 28.2 Å². The van der Waals surface area contributed by atoms with Crippen LogP contribution in [0.25, 0.3) is 33.1 Å². The third-order valence-corrected chi connectivity index (χ3v) is 5.47. The van der Waals surface area contributed by atoms with Gasteiger partial charge in [0.2, 0.25) is 0 Å². The van der Waals surface area contributed by atoms with Gasteiger partial charge in [0.05, 0.1) is 38.0 Å². The quantitative estimate of drug-likeness (QED) is 0.485. The topological polar surface area (TPSA) is 71.7 Å². The van der Waals surface area contributed by atoms with Gasteiger partial charge in [-0.25, -0.2) is 4.79 Å². The number of aromatic nitrogens is 2. The minimum atomic E-state index is -0.407. The summed E-state index contributed by atoms with van der Waals surface area (Å²) in [4.78, 5) is 25.3. The summed E-state index contributed by atoms with van der Waals surface area (Å²) in [5.41, 5.74) is 3.14. The maximum Gasteiger partial charge on any atom is 0.337 e. The Morgan fingerprint density at radius 1 is 0.833 bits per heavy atom. The van der Waals surface area contributed by atoms with Crippen molar-refractivity contribution in [3.05, 3.63) is 58.4 Å². The van der Waals surface area contributed by atoms with Crippen molar-refractivity contribution in [3.63, 3.8) is 0 Å². The fourth-order valence-corrected chi connectivity index (χ4v) is 3.95. The second kappa shape index (κ2) is 7.26. The molecule has 4 rings (SSSR count). The Morgan fingerprint density at radius 2 is 1.60 bits per heavy atom. The lowest BCUT2D eigenvalue weighted by molar-refractivity contribution is 0.0601. The van der Waals surface area contributed by atoms with E-state index in [9.17, 15) is 9.59 Å². The van der Waals surface area contributed by atoms with E-state index < -0.39 is 5.97 Å². The number of nitrogens with zero attached hydrogens (tertiary/aromatic N) is 2. The zero-order chi connectivity index (χ0) is 21.6. The van der Waals surface area contributed by atoms with Gasteiger partial charge in [-0.05, 0) is 36.4 Å². The molecule has 0 fully saturated rings. The largest absolute Gasteiger partial charge is 0.497 e. The van der Waals surface area contributed by atoms with Crippen LogP contribution in [-0.2, 0) is 18.8 Å². The van der Waals surface area contributed by atoms with Gasteiger partial charge >= 0.3 is 5.97 Å². The molecule has 2 aromatic heterocycles. The number of methoxy groups -OCH3 is 3. The van der Waals surface area contributed by atoms with Crippen LogP contribution in [0.2, 0.25) is 0 Å². The zero-order valence-electron chi connectivity index (χ0n) is 17.5. The number of rotatable bonds is 4. The number of hydrogen-bond donors (Lipinski definition) is 0. The Morgan fingerprint density at radius 3 is 2.27 bits per heavy atom. The molecule has 0 saturated heterocycles. The van der Waals surface area contributed by atoms with E-state index in [0.717, 1.165) is 21.9 Å². The van der Waals surface area contributed by atoms with Gasteiger partial charge in [0.25, 0.3) is 5.56 Å². The average Bonchev–Trinajstić information content (AvgIpc) is 3.06. The first-order chi connectivity index (χ1) is 14.4. The number of aryl methyl sites for hydroxylation is 2. The first kappa shape index (κ1) is 19.6. The fraction of sp³-hybridized carbons (Fsp3) is 0.217. The number of esters is 1. The first-order valence-corrected chi connectivity index (χ1v) is 9.34. The molecule has 7 nitrogen and oxygen atoms in total. The number of pyridine rings is 1. The highest BCUT2D eigenvalue weighted by Gasteiger charge is 2.19. The molecule has 0 amide bonds. The Hall–Kier alpha value is -3.74. The molecule has 0 bridgehead atoms. The van der Waals surface area contributed by atoms with Crippen molar-refractivity contribution in [2.45, 2.75) is 0 Å². The van der Waals surface area contributed by atoms with Crippen LogP contribution in [-0.4, -0.2) is 36.4 Å². The minimum Gasteiger partial charge on any atom is -0.497 e. The number of benzene rings is 2. The van der Waals surface area contributed by atoms with Crippen LogP contribution in [0, 0.1) is 0 Å². The maximum absolute atomic E-state index is 13.2. The van der Waals surface area contributed by atoms with Crippen LogP contribution in [0.15, 0.2) is 47.3 Å². The van der Waals surface area contributed by atoms with Crippen LogP contribution in [0.5, 0.6) is 11.5 Å². The summed E-state index contributed by atoms with van der Waals surface area (Å²) in [5.74, 6) is 0.776. The summed E-state index contributed by atoms with van der Waals surface area (Å²) in [6.07, 6.45) is 0. The van der Waals surface area contributed by atoms with E-state index in [1.807, 2.05) is 29.8 Å². The lowest BCUT2D eigenvalue weighted by Crippen LogP contribution is -2.20. The van der Waals surface area contributed by atoms with E-state index >= 15 is 0 Å². The Kier molecular flexibility index (Phi) is 4.73. The SMILES string of the molecule is COC(=O)c1ccc2c(c1)c1cc(-c3ccc(OC)cc3OC)c(=O)n(C)c1n2C. The molecule has 0 N–H and O–H groups in total. The van der Waals surface area contributed by atoms with Gasteiger partial charge in [0, 0.05) is 36.5 Å². The van der Waals surface area contributed by atoms with E-state index in [-0.39, 0.29) is 5.56 Å². The molecule has 2 heterocycles. The zero-order valence-corrected chi connectivity index (χ0v) is 17.5. The van der Waals surface area contributed by atoms with Crippen molar-refractivity contribution in [1.82, 2.24) is 9.13 Å². The first-order valence-electron chi connectivity index (χ1n) is 9.34. The molecule has 0 aliphatic rings. The minimum absolute atomic E-state index is 0.148. The number of carbonyl (C=O) groups is 1. The second-order valence-corrected chi connectivity index (χ2v) is 7.01. The fourth-order valence-electron chi connectivity index (χ4n) is 3.95. The molecule has 0 atom stereocenters. The monoisotopic (exact) mass is 406 g/mol. The molecule has 0 aliphatic heterocycles. The third-order valence-electron chi connectivity index (χ3n) is 5.47. The van der Waals surface area contributed by atoms with E-state index in [1.165, 1.54) is 7.11 Å². The third kappa shape index (κ3) is 2.82. The van der Waals surface area contributed by atoms with Crippen molar-refractivity contribution in [1.29, 1.82) is 0 Å². The molecule has 154 valence electrons. The Bertz CT molecular complexity index is 1360. The van der Waals surface area contributed by atoms with Crippen LogP contribution in [0.4, 0.5) is 0 Å². The molecule has 0 spiro atoms. The van der Waals surface area contributed by atoms with E-state index in [2.05, 4.69) is 0 Å². The van der Waals surface area contributed by atoms with Gasteiger partial charge in [-0.1, -0.05) is 0 Å². The summed E-state index contributed by atoms with van der Waals surface area (Å²) in [7, 11) is 8.13. The molecular weight excluding hydrogens is 384 g/mol. The molecule has 2 aromatic carbocycles. The summed E-state index contributed by atoms with van der Waals surface area (Å²) in [6.45, 7) is 0. The van der Waals surface area contributed by atoms with Crippen LogP contribution in [0.3, 0.4) is 0 Å². The molecule has 0 aliphatic carbocycles. The number of ether oxygens (including phenoxy) is 3. The smallest absolute Gasteiger partial charge is 0.337 e. The van der Waals surface area contributed by atoms with Gasteiger partial charge < -0.3 is 18.8 Å². The van der Waals surface area contributed by atoms with Crippen molar-refractivity contribution in [3.8, 4) is 22.6 Å². The highest BCUT2D eigenvalue weighted by atomic mass is 16.5. The summed E-state index contributed by atoms with van der Waals surface area (Å²) in [6, 6.07) is 12.6. The van der Waals surface area contributed by atoms with Gasteiger partial charge in [0.1, 0.15) is 17.1 Å². The highest BCUT2D eigenvalue weighted by Crippen LogP contribution is 2.35. The van der Waals surface area contributed by atoms with Crippen LogP contribution >= 0.6 is 0 Å². The van der Waals surface area contributed by atoms with Gasteiger partial charge in [-0.3, -0.25) is 9.36 Å². The van der Waals surface area contributed by atoms with E-state index in [1.54, 1.807) is 50.1 Å². The maximum atomic E-state index is 13.2. The predicted octanol–water partition coefficient (Wildman–Crippen LogP) is 3.50. The van der Waals surface area contributed by atoms with Crippen LogP contribution < -0.4 is 15.0 Å². The van der Waals surface area contributed by atoms with Crippen molar-refractivity contribution in [2.24, 2.45) is 14.1 Å². The van der Waals surface area contributed by atoms with Gasteiger partial charge in [-0.2, -0.15) is 0 Å². The standard InChI is InChI=1S/C23H22N2O5/c1-24-19-9-6-13(23(27)30-5)10-16(19)17-12-18(22(26)25(2)21(17)24)15-8-7-14(28-3)11-20(15)29-4/h6-12H,1-5H3. The van der Waals surface area contributed by atoms with Gasteiger partial charge in [-0.15, -0.1) is 0 Å². The van der Waals surface area contributed by atoms with Gasteiger partial charge in [0.15, 0.2) is 0 Å². The summed E-state index contributed by atoms with van der Waals surface area (Å²) >= 11 is 0. The highest BCUT2D eigenvalue weighted by molar-refractivity contribution is 6.10. The second-order valence-electron chi connectivity index (χ2n) is 7.01. The predicted molar refractivity (Wildman–Crippen MR) is 116 cm³/mol. The van der Waals surface area contributed by atoms with Crippen LogP contribution in [0.1, 0.15) is 10.4 Å². The molecule has 0 unspecified atom stereocenters. The molecule has 30 heavy (non-hydrogen) atoms. The van der Waals surface area contributed by atoms with Crippen molar-refractivity contribution >= 4 is 27.9 Å². The lowest BCUT2D eigenvalue weighted by Gasteiger charge is -2.12. The van der Waals surface area contributed by atoms with E-state index in [4.69, 9.17) is 14.2 Å². The normalized spacial score (nSPS) is 11.1. The Balaban J connectivity index is 2.08. The number of fused-ring (bicyclic) bond motifs is 3. The average molecular weight is 406 g/mol. The summed E-state index contributed by atoms with van der Waals surface area (Å²) < 4.78 is 19.2.